The molecule has 0 heterocycles. The van der Waals surface area contributed by atoms with Crippen molar-refractivity contribution in [3.8, 4) is 0 Å². The average Bonchev–Trinajstić information content (AvgIpc) is 2.49. The average molecular weight is 309 g/mol. The molecule has 0 aliphatic carbocycles. The van der Waals surface area contributed by atoms with E-state index < -0.39 is 0 Å². The fourth-order valence-corrected chi connectivity index (χ4v) is 2.53. The van der Waals surface area contributed by atoms with Crippen LogP contribution in [0.3, 0.4) is 0 Å². The van der Waals surface area contributed by atoms with Gasteiger partial charge in [0.05, 0.1) is 13.2 Å². The van der Waals surface area contributed by atoms with Gasteiger partial charge in [-0.25, -0.2) is 0 Å². The van der Waals surface area contributed by atoms with Crippen molar-refractivity contribution >= 4 is 17.7 Å². The van der Waals surface area contributed by atoms with Crippen LogP contribution in [0.25, 0.3) is 0 Å². The molecule has 0 unspecified atom stereocenters. The Balaban J connectivity index is 2.18. The van der Waals surface area contributed by atoms with Gasteiger partial charge in [0.1, 0.15) is 0 Å². The second kappa shape index (κ2) is 11.5. The number of nitrogens with zero attached hydrogens (tertiary/aromatic N) is 1. The molecule has 0 radical (unpaired) electrons. The van der Waals surface area contributed by atoms with Crippen LogP contribution in [-0.2, 0) is 10.5 Å². The number of thioether (sulfide) groups is 1. The molecule has 1 aromatic rings. The second-order valence-electron chi connectivity index (χ2n) is 4.72. The summed E-state index contributed by atoms with van der Waals surface area (Å²) >= 11 is 1.93. The number of guanidine groups is 1. The molecule has 0 bridgehead atoms. The van der Waals surface area contributed by atoms with E-state index in [1.807, 2.05) is 11.8 Å². The van der Waals surface area contributed by atoms with E-state index in [1.165, 1.54) is 11.1 Å². The third kappa shape index (κ3) is 8.63. The van der Waals surface area contributed by atoms with Gasteiger partial charge in [-0.05, 0) is 19.4 Å². The zero-order chi connectivity index (χ0) is 15.3. The zero-order valence-corrected chi connectivity index (χ0v) is 14.1. The molecule has 0 aromatic heterocycles. The summed E-state index contributed by atoms with van der Waals surface area (Å²) in [6.45, 7) is 7.30. The Bertz CT molecular complexity index is 406. The number of aliphatic imine (C=N–C) groups is 1. The summed E-state index contributed by atoms with van der Waals surface area (Å²) in [6.07, 6.45) is 0. The summed E-state index contributed by atoms with van der Waals surface area (Å²) in [5.41, 5.74) is 2.69. The maximum atomic E-state index is 5.00. The Kier molecular flexibility index (Phi) is 9.74. The molecule has 21 heavy (non-hydrogen) atoms. The van der Waals surface area contributed by atoms with Gasteiger partial charge < -0.3 is 15.4 Å². The number of aryl methyl sites for hydroxylation is 1. The quantitative estimate of drug-likeness (QED) is 0.418. The molecule has 4 nitrogen and oxygen atoms in total. The highest BCUT2D eigenvalue weighted by Crippen LogP contribution is 2.12. The van der Waals surface area contributed by atoms with Gasteiger partial charge in [-0.3, -0.25) is 4.99 Å². The molecule has 2 N–H and O–H groups in total. The SMILES string of the molecule is CCNC(=NCCOC)NCCSCc1ccc(C)cc1. The lowest BCUT2D eigenvalue weighted by Crippen LogP contribution is -2.38. The standard InChI is InChI=1S/C16H27N3OS/c1-4-17-16(18-9-11-20-3)19-10-12-21-13-15-7-5-14(2)6-8-15/h5-8H,4,9-13H2,1-3H3,(H2,17,18,19). The topological polar surface area (TPSA) is 45.7 Å². The zero-order valence-electron chi connectivity index (χ0n) is 13.3. The van der Waals surface area contributed by atoms with Crippen LogP contribution in [0.4, 0.5) is 0 Å². The Morgan fingerprint density at radius 2 is 2.00 bits per heavy atom. The lowest BCUT2D eigenvalue weighted by molar-refractivity contribution is 0.208. The molecule has 0 atom stereocenters. The van der Waals surface area contributed by atoms with Gasteiger partial charge in [-0.2, -0.15) is 11.8 Å². The highest BCUT2D eigenvalue weighted by molar-refractivity contribution is 7.98. The van der Waals surface area contributed by atoms with Crippen molar-refractivity contribution in [1.29, 1.82) is 0 Å². The van der Waals surface area contributed by atoms with Crippen molar-refractivity contribution < 1.29 is 4.74 Å². The smallest absolute Gasteiger partial charge is 0.191 e. The summed E-state index contributed by atoms with van der Waals surface area (Å²) in [7, 11) is 1.69. The summed E-state index contributed by atoms with van der Waals surface area (Å²) < 4.78 is 5.00. The monoisotopic (exact) mass is 309 g/mol. The van der Waals surface area contributed by atoms with Crippen molar-refractivity contribution in [2.45, 2.75) is 19.6 Å². The van der Waals surface area contributed by atoms with Crippen LogP contribution < -0.4 is 10.6 Å². The fourth-order valence-electron chi connectivity index (χ4n) is 1.71. The van der Waals surface area contributed by atoms with E-state index in [2.05, 4.69) is 53.7 Å². The van der Waals surface area contributed by atoms with Crippen molar-refractivity contribution in [3.05, 3.63) is 35.4 Å². The van der Waals surface area contributed by atoms with Crippen molar-refractivity contribution in [2.75, 3.05) is 39.1 Å². The Labute approximate surface area is 132 Å². The van der Waals surface area contributed by atoms with E-state index in [1.54, 1.807) is 7.11 Å². The molecule has 0 aliphatic heterocycles. The molecule has 0 saturated heterocycles. The summed E-state index contributed by atoms with van der Waals surface area (Å²) in [4.78, 5) is 4.43. The van der Waals surface area contributed by atoms with Crippen molar-refractivity contribution in [2.24, 2.45) is 4.99 Å². The van der Waals surface area contributed by atoms with Crippen LogP contribution >= 0.6 is 11.8 Å². The lowest BCUT2D eigenvalue weighted by atomic mass is 10.2. The normalized spacial score (nSPS) is 11.5. The van der Waals surface area contributed by atoms with Gasteiger partial charge in [0.15, 0.2) is 5.96 Å². The summed E-state index contributed by atoms with van der Waals surface area (Å²) in [5.74, 6) is 2.98. The molecular weight excluding hydrogens is 282 g/mol. The number of nitrogens with one attached hydrogen (secondary N) is 2. The predicted octanol–water partition coefficient (Wildman–Crippen LogP) is 2.43. The molecule has 0 aliphatic rings. The summed E-state index contributed by atoms with van der Waals surface area (Å²) in [5, 5.41) is 6.57. The molecule has 0 spiro atoms. The largest absolute Gasteiger partial charge is 0.383 e. The maximum absolute atomic E-state index is 5.00. The van der Waals surface area contributed by atoms with Crippen LogP contribution in [0.1, 0.15) is 18.1 Å². The first kappa shape index (κ1) is 17.9. The van der Waals surface area contributed by atoms with Gasteiger partial charge in [-0.15, -0.1) is 0 Å². The molecule has 0 amide bonds. The van der Waals surface area contributed by atoms with Crippen LogP contribution in [0, 0.1) is 6.92 Å². The van der Waals surface area contributed by atoms with Gasteiger partial charge in [0.2, 0.25) is 0 Å². The number of methoxy groups -OCH3 is 1. The van der Waals surface area contributed by atoms with E-state index >= 15 is 0 Å². The first-order valence-corrected chi connectivity index (χ1v) is 8.56. The van der Waals surface area contributed by atoms with Gasteiger partial charge in [0.25, 0.3) is 0 Å². The van der Waals surface area contributed by atoms with Gasteiger partial charge in [-0.1, -0.05) is 29.8 Å². The Morgan fingerprint density at radius 1 is 1.24 bits per heavy atom. The molecule has 0 saturated carbocycles. The van der Waals surface area contributed by atoms with E-state index in [0.29, 0.717) is 13.2 Å². The minimum atomic E-state index is 0.652. The maximum Gasteiger partial charge on any atom is 0.191 e. The number of rotatable bonds is 9. The van der Waals surface area contributed by atoms with Crippen LogP contribution in [0.15, 0.2) is 29.3 Å². The Hall–Kier alpha value is -1.20. The molecule has 1 aromatic carbocycles. The number of hydrogen-bond donors (Lipinski definition) is 2. The Morgan fingerprint density at radius 3 is 2.67 bits per heavy atom. The molecule has 1 rings (SSSR count). The third-order valence-electron chi connectivity index (χ3n) is 2.84. The highest BCUT2D eigenvalue weighted by Gasteiger charge is 1.97. The fraction of sp³-hybridized carbons (Fsp3) is 0.562. The third-order valence-corrected chi connectivity index (χ3v) is 3.87. The lowest BCUT2D eigenvalue weighted by Gasteiger charge is -2.11. The highest BCUT2D eigenvalue weighted by atomic mass is 32.2. The number of ether oxygens (including phenoxy) is 1. The van der Waals surface area contributed by atoms with E-state index in [0.717, 1.165) is 30.6 Å². The van der Waals surface area contributed by atoms with Crippen molar-refractivity contribution in [1.82, 2.24) is 10.6 Å². The molecule has 0 fully saturated rings. The van der Waals surface area contributed by atoms with Crippen LogP contribution in [0.2, 0.25) is 0 Å². The summed E-state index contributed by atoms with van der Waals surface area (Å²) in [6, 6.07) is 8.73. The molecular formula is C16H27N3OS. The van der Waals surface area contributed by atoms with Crippen LogP contribution in [-0.4, -0.2) is 45.1 Å². The van der Waals surface area contributed by atoms with E-state index in [9.17, 15) is 0 Å². The van der Waals surface area contributed by atoms with Crippen molar-refractivity contribution in [3.63, 3.8) is 0 Å². The second-order valence-corrected chi connectivity index (χ2v) is 5.82. The van der Waals surface area contributed by atoms with E-state index in [4.69, 9.17) is 4.74 Å². The van der Waals surface area contributed by atoms with Gasteiger partial charge in [0, 0.05) is 31.7 Å². The molecule has 118 valence electrons. The van der Waals surface area contributed by atoms with Crippen LogP contribution in [0.5, 0.6) is 0 Å². The minimum absolute atomic E-state index is 0.652. The first-order valence-electron chi connectivity index (χ1n) is 7.40. The number of hydrogen-bond acceptors (Lipinski definition) is 3. The first-order chi connectivity index (χ1) is 10.3. The minimum Gasteiger partial charge on any atom is -0.383 e. The molecule has 5 heteroatoms. The van der Waals surface area contributed by atoms with Gasteiger partial charge >= 0.3 is 0 Å². The number of benzene rings is 1. The predicted molar refractivity (Wildman–Crippen MR) is 93.2 cm³/mol. The van der Waals surface area contributed by atoms with E-state index in [-0.39, 0.29) is 0 Å².